The number of primary amides is 1. The fourth-order valence-corrected chi connectivity index (χ4v) is 3.99. The van der Waals surface area contributed by atoms with Gasteiger partial charge in [0.2, 0.25) is 5.91 Å². The zero-order valence-electron chi connectivity index (χ0n) is 16.3. The van der Waals surface area contributed by atoms with Crippen molar-refractivity contribution >= 4 is 28.6 Å². The van der Waals surface area contributed by atoms with E-state index in [-0.39, 0.29) is 11.7 Å². The third-order valence-corrected chi connectivity index (χ3v) is 5.67. The first-order valence-electron chi connectivity index (χ1n) is 9.38. The number of fused-ring (bicyclic) bond motifs is 1. The normalized spacial score (nSPS) is 11.1. The number of pyridine rings is 1. The molecule has 0 saturated carbocycles. The number of thioether (sulfide) groups is 1. The van der Waals surface area contributed by atoms with Gasteiger partial charge in [-0.05, 0) is 26.0 Å². The molecule has 4 rings (SSSR count). The molecule has 7 heteroatoms. The first-order chi connectivity index (χ1) is 14.1. The summed E-state index contributed by atoms with van der Waals surface area (Å²) in [7, 11) is 0. The van der Waals surface area contributed by atoms with Crippen LogP contribution in [0, 0.1) is 6.92 Å². The molecule has 0 saturated heterocycles. The second kappa shape index (κ2) is 8.05. The van der Waals surface area contributed by atoms with Gasteiger partial charge in [-0.3, -0.25) is 4.79 Å². The van der Waals surface area contributed by atoms with Crippen molar-refractivity contribution in [2.75, 3.05) is 5.75 Å². The van der Waals surface area contributed by atoms with Crippen LogP contribution in [0.3, 0.4) is 0 Å². The lowest BCUT2D eigenvalue weighted by Crippen LogP contribution is -2.13. The Labute approximate surface area is 173 Å². The van der Waals surface area contributed by atoms with E-state index in [9.17, 15) is 4.79 Å². The Bertz CT molecular complexity index is 1180. The minimum absolute atomic E-state index is 0.170. The number of benzene rings is 2. The van der Waals surface area contributed by atoms with E-state index < -0.39 is 0 Å². The third kappa shape index (κ3) is 3.86. The van der Waals surface area contributed by atoms with Gasteiger partial charge >= 0.3 is 0 Å². The van der Waals surface area contributed by atoms with Crippen LogP contribution >= 0.6 is 11.8 Å². The molecular formula is C22H21N5OS. The molecule has 0 aliphatic carbocycles. The molecule has 6 nitrogen and oxygen atoms in total. The van der Waals surface area contributed by atoms with Crippen molar-refractivity contribution in [3.05, 3.63) is 60.2 Å². The van der Waals surface area contributed by atoms with Crippen LogP contribution in [0.15, 0.2) is 59.8 Å². The number of nitrogens with two attached hydrogens (primary N) is 1. The molecule has 0 bridgehead atoms. The molecule has 0 aliphatic heterocycles. The highest BCUT2D eigenvalue weighted by atomic mass is 32.2. The van der Waals surface area contributed by atoms with Crippen molar-refractivity contribution in [3.8, 4) is 22.6 Å². The molecule has 146 valence electrons. The molecule has 0 radical (unpaired) electrons. The van der Waals surface area contributed by atoms with Crippen LogP contribution in [0.25, 0.3) is 33.5 Å². The summed E-state index contributed by atoms with van der Waals surface area (Å²) in [6, 6.07) is 18.4. The first-order valence-corrected chi connectivity index (χ1v) is 10.4. The summed E-state index contributed by atoms with van der Waals surface area (Å²) in [5.74, 6) is 0.550. The van der Waals surface area contributed by atoms with E-state index in [4.69, 9.17) is 10.7 Å². The van der Waals surface area contributed by atoms with Crippen LogP contribution in [0.4, 0.5) is 0 Å². The molecule has 0 aliphatic rings. The van der Waals surface area contributed by atoms with Gasteiger partial charge in [0.05, 0.1) is 17.0 Å². The summed E-state index contributed by atoms with van der Waals surface area (Å²) >= 11 is 1.30. The molecule has 0 spiro atoms. The zero-order chi connectivity index (χ0) is 20.4. The van der Waals surface area contributed by atoms with E-state index in [2.05, 4.69) is 47.5 Å². The highest BCUT2D eigenvalue weighted by molar-refractivity contribution is 7.99. The van der Waals surface area contributed by atoms with Gasteiger partial charge in [0, 0.05) is 23.1 Å². The van der Waals surface area contributed by atoms with E-state index in [1.54, 1.807) is 0 Å². The lowest BCUT2D eigenvalue weighted by atomic mass is 10.0. The Morgan fingerprint density at radius 1 is 1.10 bits per heavy atom. The number of hydrogen-bond acceptors (Lipinski definition) is 5. The molecule has 1 amide bonds. The second-order valence-corrected chi connectivity index (χ2v) is 7.69. The Balaban J connectivity index is 1.89. The van der Waals surface area contributed by atoms with Gasteiger partial charge in [-0.15, -0.1) is 10.2 Å². The monoisotopic (exact) mass is 403 g/mol. The number of aromatic nitrogens is 4. The van der Waals surface area contributed by atoms with Crippen LogP contribution < -0.4 is 5.73 Å². The molecule has 2 aromatic carbocycles. The SMILES string of the molecule is CCn1c(SCC(N)=O)nnc1-c1cc(-c2ccc(C)cc2)nc2ccccc12. The minimum atomic E-state index is -0.377. The van der Waals surface area contributed by atoms with Gasteiger partial charge in [-0.2, -0.15) is 0 Å². The fraction of sp³-hybridized carbons (Fsp3) is 0.182. The number of carbonyl (C=O) groups is 1. The maximum absolute atomic E-state index is 11.2. The fourth-order valence-electron chi connectivity index (χ4n) is 3.25. The van der Waals surface area contributed by atoms with Crippen LogP contribution in [-0.2, 0) is 11.3 Å². The van der Waals surface area contributed by atoms with Gasteiger partial charge in [0.25, 0.3) is 0 Å². The Morgan fingerprint density at radius 3 is 2.59 bits per heavy atom. The second-order valence-electron chi connectivity index (χ2n) is 6.74. The lowest BCUT2D eigenvalue weighted by Gasteiger charge is -2.11. The molecule has 2 heterocycles. The average molecular weight is 404 g/mol. The summed E-state index contributed by atoms with van der Waals surface area (Å²) in [4.78, 5) is 16.0. The van der Waals surface area contributed by atoms with Gasteiger partial charge in [-0.25, -0.2) is 4.98 Å². The van der Waals surface area contributed by atoms with Crippen molar-refractivity contribution in [3.63, 3.8) is 0 Å². The van der Waals surface area contributed by atoms with E-state index in [1.807, 2.05) is 35.8 Å². The third-order valence-electron chi connectivity index (χ3n) is 4.68. The molecule has 0 atom stereocenters. The van der Waals surface area contributed by atoms with Crippen molar-refractivity contribution in [1.82, 2.24) is 19.7 Å². The van der Waals surface area contributed by atoms with Crippen molar-refractivity contribution in [2.45, 2.75) is 25.5 Å². The standard InChI is InChI=1S/C22H21N5OS/c1-3-27-21(25-26-22(27)29-13-20(23)28)17-12-19(15-10-8-14(2)9-11-15)24-18-7-5-4-6-16(17)18/h4-12H,3,13H2,1-2H3,(H2,23,28). The first kappa shape index (κ1) is 19.1. The molecule has 29 heavy (non-hydrogen) atoms. The van der Waals surface area contributed by atoms with Crippen molar-refractivity contribution in [1.29, 1.82) is 0 Å². The summed E-state index contributed by atoms with van der Waals surface area (Å²) < 4.78 is 2.01. The molecule has 2 aromatic heterocycles. The number of hydrogen-bond donors (Lipinski definition) is 1. The summed E-state index contributed by atoms with van der Waals surface area (Å²) in [6.07, 6.45) is 0. The highest BCUT2D eigenvalue weighted by Crippen LogP contribution is 2.33. The van der Waals surface area contributed by atoms with Crippen molar-refractivity contribution < 1.29 is 4.79 Å². The van der Waals surface area contributed by atoms with E-state index in [0.717, 1.165) is 33.5 Å². The van der Waals surface area contributed by atoms with E-state index in [1.165, 1.54) is 17.3 Å². The number of rotatable bonds is 6. The number of aryl methyl sites for hydroxylation is 1. The molecule has 2 N–H and O–H groups in total. The average Bonchev–Trinajstić information content (AvgIpc) is 3.14. The van der Waals surface area contributed by atoms with E-state index >= 15 is 0 Å². The van der Waals surface area contributed by atoms with E-state index in [0.29, 0.717) is 11.7 Å². The minimum Gasteiger partial charge on any atom is -0.369 e. The number of amides is 1. The van der Waals surface area contributed by atoms with Crippen LogP contribution in [0.5, 0.6) is 0 Å². The molecule has 0 fully saturated rings. The molecule has 4 aromatic rings. The summed E-state index contributed by atoms with van der Waals surface area (Å²) in [5.41, 5.74) is 10.3. The van der Waals surface area contributed by atoms with Gasteiger partial charge in [0.1, 0.15) is 0 Å². The summed E-state index contributed by atoms with van der Waals surface area (Å²) in [6.45, 7) is 4.78. The number of carbonyl (C=O) groups excluding carboxylic acids is 1. The van der Waals surface area contributed by atoms with Gasteiger partial charge in [0.15, 0.2) is 11.0 Å². The quantitative estimate of drug-likeness (QED) is 0.491. The van der Waals surface area contributed by atoms with Crippen LogP contribution in [0.1, 0.15) is 12.5 Å². The molecular weight excluding hydrogens is 382 g/mol. The van der Waals surface area contributed by atoms with Crippen LogP contribution in [-0.4, -0.2) is 31.4 Å². The highest BCUT2D eigenvalue weighted by Gasteiger charge is 2.18. The van der Waals surface area contributed by atoms with Gasteiger partial charge in [-0.1, -0.05) is 59.8 Å². The lowest BCUT2D eigenvalue weighted by molar-refractivity contribution is -0.115. The number of para-hydroxylation sites is 1. The summed E-state index contributed by atoms with van der Waals surface area (Å²) in [5, 5.41) is 10.4. The predicted octanol–water partition coefficient (Wildman–Crippen LogP) is 4.07. The Morgan fingerprint density at radius 2 is 1.86 bits per heavy atom. The zero-order valence-corrected chi connectivity index (χ0v) is 17.1. The number of nitrogens with zero attached hydrogens (tertiary/aromatic N) is 4. The predicted molar refractivity (Wildman–Crippen MR) is 117 cm³/mol. The van der Waals surface area contributed by atoms with Crippen LogP contribution in [0.2, 0.25) is 0 Å². The molecule has 0 unspecified atom stereocenters. The topological polar surface area (TPSA) is 86.7 Å². The van der Waals surface area contributed by atoms with Gasteiger partial charge < -0.3 is 10.3 Å². The Kier molecular flexibility index (Phi) is 5.31. The smallest absolute Gasteiger partial charge is 0.227 e. The Hall–Kier alpha value is -3.19. The maximum atomic E-state index is 11.2. The van der Waals surface area contributed by atoms with Crippen molar-refractivity contribution in [2.24, 2.45) is 5.73 Å². The largest absolute Gasteiger partial charge is 0.369 e. The maximum Gasteiger partial charge on any atom is 0.227 e.